The Hall–Kier alpha value is -1.59. The van der Waals surface area contributed by atoms with E-state index in [9.17, 15) is 0 Å². The third-order valence-corrected chi connectivity index (χ3v) is 5.17. The molecule has 1 aliphatic heterocycles. The summed E-state index contributed by atoms with van der Waals surface area (Å²) in [5.74, 6) is 0. The van der Waals surface area contributed by atoms with Gasteiger partial charge in [0.25, 0.3) is 0 Å². The lowest BCUT2D eigenvalue weighted by atomic mass is 9.95. The van der Waals surface area contributed by atoms with Gasteiger partial charge in [0, 0.05) is 42.5 Å². The van der Waals surface area contributed by atoms with Gasteiger partial charge < -0.3 is 15.1 Å². The predicted octanol–water partition coefficient (Wildman–Crippen LogP) is 3.45. The summed E-state index contributed by atoms with van der Waals surface area (Å²) < 4.78 is 0. The first kappa shape index (κ1) is 19.2. The zero-order valence-corrected chi connectivity index (χ0v) is 15.8. The summed E-state index contributed by atoms with van der Waals surface area (Å²) in [5, 5.41) is 19.0. The Morgan fingerprint density at radius 3 is 2.38 bits per heavy atom. The van der Waals surface area contributed by atoms with Crippen molar-refractivity contribution in [2.24, 2.45) is 0 Å². The lowest BCUT2D eigenvalue weighted by Crippen LogP contribution is -2.31. The molecule has 0 aromatic heterocycles. The van der Waals surface area contributed by atoms with Gasteiger partial charge in [0.05, 0.1) is 13.2 Å². The van der Waals surface area contributed by atoms with Crippen molar-refractivity contribution < 1.29 is 10.2 Å². The number of aliphatic hydroxyl groups excluding tert-OH is 2. The number of fused-ring (bicyclic) bond motifs is 2. The van der Waals surface area contributed by atoms with Crippen LogP contribution in [0.15, 0.2) is 42.5 Å². The average molecular weight is 375 g/mol. The topological polar surface area (TPSA) is 46.9 Å². The fourth-order valence-electron chi connectivity index (χ4n) is 3.68. The van der Waals surface area contributed by atoms with E-state index in [1.54, 1.807) is 0 Å². The van der Waals surface area contributed by atoms with Crippen molar-refractivity contribution in [3.05, 3.63) is 58.6 Å². The minimum atomic E-state index is 0.133. The summed E-state index contributed by atoms with van der Waals surface area (Å²) in [6.45, 7) is 3.34. The number of anilines is 2. The molecule has 0 amide bonds. The SMILES string of the molecule is OCCN(CCO)CCCCN1c2ccccc2Cc2cc(Cl)ccc21. The van der Waals surface area contributed by atoms with Crippen molar-refractivity contribution >= 4 is 23.0 Å². The van der Waals surface area contributed by atoms with E-state index >= 15 is 0 Å². The Balaban J connectivity index is 1.68. The van der Waals surface area contributed by atoms with Gasteiger partial charge >= 0.3 is 0 Å². The molecular formula is C21H27ClN2O2. The van der Waals surface area contributed by atoms with Crippen molar-refractivity contribution in [3.8, 4) is 0 Å². The quantitative estimate of drug-likeness (QED) is 0.660. The molecule has 2 aromatic rings. The minimum Gasteiger partial charge on any atom is -0.395 e. The van der Waals surface area contributed by atoms with Gasteiger partial charge in [-0.25, -0.2) is 0 Å². The molecule has 3 rings (SSSR count). The minimum absolute atomic E-state index is 0.133. The maximum Gasteiger partial charge on any atom is 0.0558 e. The van der Waals surface area contributed by atoms with Gasteiger partial charge in [-0.3, -0.25) is 4.90 Å². The molecule has 2 N–H and O–H groups in total. The second-order valence-corrected chi connectivity index (χ2v) is 7.16. The monoisotopic (exact) mass is 374 g/mol. The molecule has 4 nitrogen and oxygen atoms in total. The maximum atomic E-state index is 9.12. The van der Waals surface area contributed by atoms with Gasteiger partial charge in [0.2, 0.25) is 0 Å². The number of hydrogen-bond donors (Lipinski definition) is 2. The van der Waals surface area contributed by atoms with E-state index in [1.165, 1.54) is 22.5 Å². The Morgan fingerprint density at radius 2 is 1.62 bits per heavy atom. The van der Waals surface area contributed by atoms with Crippen molar-refractivity contribution in [3.63, 3.8) is 0 Å². The van der Waals surface area contributed by atoms with Crippen LogP contribution in [0.25, 0.3) is 0 Å². The molecule has 1 heterocycles. The Morgan fingerprint density at radius 1 is 0.885 bits per heavy atom. The van der Waals surface area contributed by atoms with Crippen LogP contribution in [0.2, 0.25) is 5.02 Å². The highest BCUT2D eigenvalue weighted by Gasteiger charge is 2.22. The molecule has 5 heteroatoms. The van der Waals surface area contributed by atoms with Gasteiger partial charge in [0.1, 0.15) is 0 Å². The van der Waals surface area contributed by atoms with E-state index in [2.05, 4.69) is 46.2 Å². The molecule has 0 fully saturated rings. The lowest BCUT2D eigenvalue weighted by molar-refractivity contribution is 0.159. The number of rotatable bonds is 9. The molecule has 1 aliphatic rings. The molecule has 0 unspecified atom stereocenters. The van der Waals surface area contributed by atoms with Crippen LogP contribution in [0.1, 0.15) is 24.0 Å². The molecule has 0 bridgehead atoms. The van der Waals surface area contributed by atoms with Crippen molar-refractivity contribution in [2.75, 3.05) is 44.3 Å². The molecule has 2 aromatic carbocycles. The van der Waals surface area contributed by atoms with Gasteiger partial charge in [-0.2, -0.15) is 0 Å². The number of hydrogen-bond acceptors (Lipinski definition) is 4. The molecule has 0 spiro atoms. The van der Waals surface area contributed by atoms with E-state index in [1.807, 2.05) is 6.07 Å². The van der Waals surface area contributed by atoms with Crippen molar-refractivity contribution in [2.45, 2.75) is 19.3 Å². The van der Waals surface area contributed by atoms with Crippen LogP contribution in [0, 0.1) is 0 Å². The van der Waals surface area contributed by atoms with Crippen LogP contribution in [0.4, 0.5) is 11.4 Å². The first-order valence-electron chi connectivity index (χ1n) is 9.31. The molecule has 140 valence electrons. The zero-order valence-electron chi connectivity index (χ0n) is 15.1. The number of nitrogens with zero attached hydrogens (tertiary/aromatic N) is 2. The summed E-state index contributed by atoms with van der Waals surface area (Å²) in [5.41, 5.74) is 5.14. The van der Waals surface area contributed by atoms with E-state index in [0.717, 1.165) is 37.4 Å². The predicted molar refractivity (Wildman–Crippen MR) is 108 cm³/mol. The largest absolute Gasteiger partial charge is 0.395 e. The summed E-state index contributed by atoms with van der Waals surface area (Å²) in [7, 11) is 0. The first-order valence-corrected chi connectivity index (χ1v) is 9.68. The first-order chi connectivity index (χ1) is 12.7. The van der Waals surface area contributed by atoms with Crippen LogP contribution in [-0.4, -0.2) is 54.5 Å². The van der Waals surface area contributed by atoms with Crippen LogP contribution >= 0.6 is 11.6 Å². The van der Waals surface area contributed by atoms with E-state index < -0.39 is 0 Å². The summed E-state index contributed by atoms with van der Waals surface area (Å²) in [6, 6.07) is 14.7. The zero-order chi connectivity index (χ0) is 18.4. The van der Waals surface area contributed by atoms with Crippen molar-refractivity contribution in [1.29, 1.82) is 0 Å². The van der Waals surface area contributed by atoms with Gasteiger partial charge in [-0.1, -0.05) is 29.8 Å². The molecule has 0 saturated carbocycles. The van der Waals surface area contributed by atoms with Crippen LogP contribution < -0.4 is 4.90 Å². The number of unbranched alkanes of at least 4 members (excludes halogenated alkanes) is 1. The van der Waals surface area contributed by atoms with Gasteiger partial charge in [-0.05, 0) is 54.8 Å². The normalized spacial score (nSPS) is 13.0. The second kappa shape index (κ2) is 9.38. The number of para-hydroxylation sites is 1. The van der Waals surface area contributed by atoms with Crippen LogP contribution in [0.5, 0.6) is 0 Å². The fraction of sp³-hybridized carbons (Fsp3) is 0.429. The lowest BCUT2D eigenvalue weighted by Gasteiger charge is -2.33. The molecule has 0 atom stereocenters. The van der Waals surface area contributed by atoms with E-state index in [-0.39, 0.29) is 13.2 Å². The molecule has 26 heavy (non-hydrogen) atoms. The van der Waals surface area contributed by atoms with Gasteiger partial charge in [0.15, 0.2) is 0 Å². The molecular weight excluding hydrogens is 348 g/mol. The Labute approximate surface area is 160 Å². The number of benzene rings is 2. The smallest absolute Gasteiger partial charge is 0.0558 e. The maximum absolute atomic E-state index is 9.12. The Bertz CT molecular complexity index is 717. The Kier molecular flexibility index (Phi) is 6.92. The van der Waals surface area contributed by atoms with E-state index in [0.29, 0.717) is 13.1 Å². The van der Waals surface area contributed by atoms with E-state index in [4.69, 9.17) is 21.8 Å². The highest BCUT2D eigenvalue weighted by atomic mass is 35.5. The summed E-state index contributed by atoms with van der Waals surface area (Å²) >= 11 is 6.21. The fourth-order valence-corrected chi connectivity index (χ4v) is 3.88. The second-order valence-electron chi connectivity index (χ2n) is 6.73. The van der Waals surface area contributed by atoms with Gasteiger partial charge in [-0.15, -0.1) is 0 Å². The third kappa shape index (κ3) is 4.57. The number of halogens is 1. The molecule has 0 radical (unpaired) electrons. The van der Waals surface area contributed by atoms with Crippen molar-refractivity contribution in [1.82, 2.24) is 4.90 Å². The highest BCUT2D eigenvalue weighted by molar-refractivity contribution is 6.30. The summed E-state index contributed by atoms with van der Waals surface area (Å²) in [4.78, 5) is 4.50. The third-order valence-electron chi connectivity index (χ3n) is 4.93. The van der Waals surface area contributed by atoms with Crippen LogP contribution in [0.3, 0.4) is 0 Å². The molecule has 0 saturated heterocycles. The molecule has 0 aliphatic carbocycles. The highest BCUT2D eigenvalue weighted by Crippen LogP contribution is 2.39. The van der Waals surface area contributed by atoms with Crippen LogP contribution in [-0.2, 0) is 6.42 Å². The summed E-state index contributed by atoms with van der Waals surface area (Å²) in [6.07, 6.45) is 2.99. The standard InChI is InChI=1S/C21H27ClN2O2/c22-19-7-8-21-18(16-19)15-17-5-1-2-6-20(17)24(21)10-4-3-9-23(11-13-25)12-14-26/h1-2,5-8,16,25-26H,3-4,9-15H2. The number of aliphatic hydroxyl groups is 2. The average Bonchev–Trinajstić information content (AvgIpc) is 2.64.